The van der Waals surface area contributed by atoms with Crippen molar-refractivity contribution in [1.29, 1.82) is 0 Å². The standard InChI is InChI=1S/C22H21FN6O3S/c1-3-22(15-7-5-4-6-8-15)19(31)29(20(32)24-22)27-17(30)13-33-21-26-25-18(28(21)2)14-9-11-16(23)12-10-14/h4-12H,3,13H2,1-2H3,(H,24,32)(H,27,30)/t22-/m0/s1. The maximum absolute atomic E-state index is 13.2. The van der Waals surface area contributed by atoms with Gasteiger partial charge in [0.2, 0.25) is 5.91 Å². The Hall–Kier alpha value is -3.73. The van der Waals surface area contributed by atoms with Crippen LogP contribution in [0.2, 0.25) is 0 Å². The summed E-state index contributed by atoms with van der Waals surface area (Å²) in [5.74, 6) is -1.03. The molecule has 1 aromatic heterocycles. The highest BCUT2D eigenvalue weighted by molar-refractivity contribution is 7.99. The number of amides is 4. The van der Waals surface area contributed by atoms with Gasteiger partial charge in [0.05, 0.1) is 5.75 Å². The highest BCUT2D eigenvalue weighted by atomic mass is 32.2. The third kappa shape index (κ3) is 4.19. The van der Waals surface area contributed by atoms with E-state index in [1.54, 1.807) is 54.9 Å². The highest BCUT2D eigenvalue weighted by Crippen LogP contribution is 2.31. The van der Waals surface area contributed by atoms with Crippen LogP contribution in [0.15, 0.2) is 59.8 Å². The number of hydrogen-bond acceptors (Lipinski definition) is 6. The summed E-state index contributed by atoms with van der Waals surface area (Å²) in [6.07, 6.45) is 0.327. The van der Waals surface area contributed by atoms with Gasteiger partial charge in [0, 0.05) is 12.6 Å². The molecule has 2 heterocycles. The second kappa shape index (κ2) is 9.02. The van der Waals surface area contributed by atoms with E-state index in [1.165, 1.54) is 12.1 Å². The molecule has 170 valence electrons. The van der Waals surface area contributed by atoms with Gasteiger partial charge in [-0.25, -0.2) is 9.18 Å². The van der Waals surface area contributed by atoms with Gasteiger partial charge < -0.3 is 9.88 Å². The van der Waals surface area contributed by atoms with Crippen molar-refractivity contribution in [3.63, 3.8) is 0 Å². The first-order valence-corrected chi connectivity index (χ1v) is 11.1. The number of halogens is 1. The first kappa shape index (κ1) is 22.5. The predicted octanol–water partition coefficient (Wildman–Crippen LogP) is 2.60. The minimum atomic E-state index is -1.23. The number of aromatic nitrogens is 3. The molecule has 1 atom stereocenters. The summed E-state index contributed by atoms with van der Waals surface area (Å²) in [6.45, 7) is 1.79. The quantitative estimate of drug-likeness (QED) is 0.408. The predicted molar refractivity (Wildman–Crippen MR) is 119 cm³/mol. The molecule has 2 N–H and O–H groups in total. The molecule has 1 aliphatic rings. The Labute approximate surface area is 193 Å². The summed E-state index contributed by atoms with van der Waals surface area (Å²) in [6, 6.07) is 14.0. The molecule has 1 saturated heterocycles. The van der Waals surface area contributed by atoms with Gasteiger partial charge in [-0.3, -0.25) is 15.0 Å². The lowest BCUT2D eigenvalue weighted by Gasteiger charge is -2.25. The Morgan fingerprint density at radius 3 is 2.48 bits per heavy atom. The molecule has 0 saturated carbocycles. The molecule has 9 nitrogen and oxygen atoms in total. The molecule has 1 fully saturated rings. The van der Waals surface area contributed by atoms with E-state index in [-0.39, 0.29) is 11.6 Å². The first-order chi connectivity index (χ1) is 15.9. The van der Waals surface area contributed by atoms with Crippen molar-refractivity contribution in [3.8, 4) is 11.4 Å². The molecule has 0 unspecified atom stereocenters. The zero-order valence-corrected chi connectivity index (χ0v) is 18.7. The zero-order valence-electron chi connectivity index (χ0n) is 17.9. The number of hydrogen-bond donors (Lipinski definition) is 2. The van der Waals surface area contributed by atoms with Crippen LogP contribution < -0.4 is 10.7 Å². The van der Waals surface area contributed by atoms with Crippen LogP contribution in [0.4, 0.5) is 9.18 Å². The first-order valence-electron chi connectivity index (χ1n) is 10.2. The van der Waals surface area contributed by atoms with Crippen LogP contribution in [0.1, 0.15) is 18.9 Å². The fraction of sp³-hybridized carbons (Fsp3) is 0.227. The van der Waals surface area contributed by atoms with Crippen molar-refractivity contribution in [1.82, 2.24) is 30.5 Å². The highest BCUT2D eigenvalue weighted by Gasteiger charge is 2.52. The maximum Gasteiger partial charge on any atom is 0.344 e. The van der Waals surface area contributed by atoms with E-state index in [0.717, 1.165) is 16.8 Å². The van der Waals surface area contributed by atoms with Crippen LogP contribution in [-0.4, -0.2) is 43.4 Å². The number of carbonyl (C=O) groups is 3. The minimum absolute atomic E-state index is 0.100. The summed E-state index contributed by atoms with van der Waals surface area (Å²) in [5.41, 5.74) is 2.48. The number of nitrogens with one attached hydrogen (secondary N) is 2. The summed E-state index contributed by atoms with van der Waals surface area (Å²) >= 11 is 1.10. The Bertz CT molecular complexity index is 1200. The van der Waals surface area contributed by atoms with Crippen molar-refractivity contribution in [2.24, 2.45) is 7.05 Å². The van der Waals surface area contributed by atoms with E-state index in [4.69, 9.17) is 0 Å². The molecule has 0 radical (unpaired) electrons. The minimum Gasteiger partial charge on any atom is -0.318 e. The van der Waals surface area contributed by atoms with Gasteiger partial charge >= 0.3 is 6.03 Å². The van der Waals surface area contributed by atoms with Crippen molar-refractivity contribution in [3.05, 3.63) is 66.0 Å². The van der Waals surface area contributed by atoms with E-state index >= 15 is 0 Å². The molecular weight excluding hydrogens is 447 g/mol. The molecule has 33 heavy (non-hydrogen) atoms. The molecule has 2 aromatic carbocycles. The lowest BCUT2D eigenvalue weighted by molar-refractivity contribution is -0.138. The Morgan fingerprint density at radius 1 is 1.12 bits per heavy atom. The number of carbonyl (C=O) groups excluding carboxylic acids is 3. The van der Waals surface area contributed by atoms with Crippen LogP contribution in [0.3, 0.4) is 0 Å². The number of urea groups is 1. The number of thioether (sulfide) groups is 1. The van der Waals surface area contributed by atoms with Crippen molar-refractivity contribution < 1.29 is 18.8 Å². The summed E-state index contributed by atoms with van der Waals surface area (Å²) in [4.78, 5) is 38.1. The van der Waals surface area contributed by atoms with E-state index in [0.29, 0.717) is 28.5 Å². The Kier molecular flexibility index (Phi) is 6.14. The van der Waals surface area contributed by atoms with Gasteiger partial charge in [0.15, 0.2) is 11.0 Å². The third-order valence-electron chi connectivity index (χ3n) is 5.39. The summed E-state index contributed by atoms with van der Waals surface area (Å²) < 4.78 is 14.8. The molecule has 0 aliphatic carbocycles. The average molecular weight is 469 g/mol. The molecule has 1 aliphatic heterocycles. The smallest absolute Gasteiger partial charge is 0.318 e. The van der Waals surface area contributed by atoms with Gasteiger partial charge in [0.1, 0.15) is 11.4 Å². The number of hydrazine groups is 1. The SMILES string of the molecule is CC[C@@]1(c2ccccc2)NC(=O)N(NC(=O)CSc2nnc(-c3ccc(F)cc3)n2C)C1=O. The van der Waals surface area contributed by atoms with Crippen LogP contribution in [0, 0.1) is 5.82 Å². The van der Waals surface area contributed by atoms with Crippen molar-refractivity contribution in [2.75, 3.05) is 5.75 Å². The maximum atomic E-state index is 13.2. The Balaban J connectivity index is 1.42. The van der Waals surface area contributed by atoms with Crippen molar-refractivity contribution >= 4 is 29.6 Å². The van der Waals surface area contributed by atoms with E-state index in [1.807, 2.05) is 6.07 Å². The fourth-order valence-corrected chi connectivity index (χ4v) is 4.32. The van der Waals surface area contributed by atoms with Gasteiger partial charge in [-0.2, -0.15) is 5.01 Å². The molecule has 0 bridgehead atoms. The number of imide groups is 1. The molecular formula is C22H21FN6O3S. The molecule has 3 aromatic rings. The molecule has 4 amide bonds. The van der Waals surface area contributed by atoms with Gasteiger partial charge in [-0.1, -0.05) is 49.0 Å². The van der Waals surface area contributed by atoms with Crippen LogP contribution in [0.25, 0.3) is 11.4 Å². The van der Waals surface area contributed by atoms with E-state index in [9.17, 15) is 18.8 Å². The average Bonchev–Trinajstić information content (AvgIpc) is 3.31. The number of nitrogens with zero attached hydrogens (tertiary/aromatic N) is 4. The second-order valence-electron chi connectivity index (χ2n) is 7.39. The van der Waals surface area contributed by atoms with Crippen molar-refractivity contribution in [2.45, 2.75) is 24.0 Å². The van der Waals surface area contributed by atoms with E-state index in [2.05, 4.69) is 20.9 Å². The summed E-state index contributed by atoms with van der Waals surface area (Å²) in [5, 5.41) is 12.0. The monoisotopic (exact) mass is 468 g/mol. The molecule has 0 spiro atoms. The van der Waals surface area contributed by atoms with Gasteiger partial charge in [-0.05, 0) is 36.2 Å². The second-order valence-corrected chi connectivity index (χ2v) is 8.33. The van der Waals surface area contributed by atoms with Gasteiger partial charge in [0.25, 0.3) is 5.91 Å². The number of benzene rings is 2. The van der Waals surface area contributed by atoms with Crippen LogP contribution in [0.5, 0.6) is 0 Å². The lowest BCUT2D eigenvalue weighted by atomic mass is 9.87. The molecule has 4 rings (SSSR count). The normalized spacial score (nSPS) is 17.8. The fourth-order valence-electron chi connectivity index (χ4n) is 3.62. The van der Waals surface area contributed by atoms with Gasteiger partial charge in [-0.15, -0.1) is 10.2 Å². The van der Waals surface area contributed by atoms with Crippen LogP contribution in [-0.2, 0) is 22.2 Å². The van der Waals surface area contributed by atoms with E-state index < -0.39 is 23.4 Å². The number of rotatable bonds is 7. The topological polar surface area (TPSA) is 109 Å². The Morgan fingerprint density at radius 2 is 1.82 bits per heavy atom. The third-order valence-corrected chi connectivity index (χ3v) is 6.41. The van der Waals surface area contributed by atoms with Crippen LogP contribution >= 0.6 is 11.8 Å². The largest absolute Gasteiger partial charge is 0.344 e. The molecule has 11 heteroatoms. The summed E-state index contributed by atoms with van der Waals surface area (Å²) in [7, 11) is 1.73. The zero-order chi connectivity index (χ0) is 23.6. The lowest BCUT2D eigenvalue weighted by Crippen LogP contribution is -2.49.